The van der Waals surface area contributed by atoms with Crippen LogP contribution in [0.25, 0.3) is 22.0 Å². The van der Waals surface area contributed by atoms with Crippen LogP contribution in [0, 0.1) is 12.8 Å². The Morgan fingerprint density at radius 2 is 1.96 bits per heavy atom. The molecule has 3 aromatic rings. The molecule has 142 valence electrons. The highest BCUT2D eigenvalue weighted by atomic mass is 16.1. The molecular weight excluding hydrogens is 354 g/mol. The smallest absolute Gasteiger partial charge is 0.180 e. The third-order valence-electron chi connectivity index (χ3n) is 5.77. The van der Waals surface area contributed by atoms with Crippen LogP contribution in [0.3, 0.4) is 0 Å². The summed E-state index contributed by atoms with van der Waals surface area (Å²) in [5.41, 5.74) is 2.97. The van der Waals surface area contributed by atoms with Gasteiger partial charge in [0.05, 0.1) is 11.6 Å². The van der Waals surface area contributed by atoms with Gasteiger partial charge in [-0.25, -0.2) is 9.97 Å². The van der Waals surface area contributed by atoms with Crippen LogP contribution in [0.15, 0.2) is 30.6 Å². The molecule has 7 nitrogen and oxygen atoms in total. The summed E-state index contributed by atoms with van der Waals surface area (Å²) in [6.45, 7) is 3.51. The van der Waals surface area contributed by atoms with E-state index in [9.17, 15) is 9.59 Å². The second kappa shape index (κ2) is 6.31. The Morgan fingerprint density at radius 3 is 2.64 bits per heavy atom. The van der Waals surface area contributed by atoms with Gasteiger partial charge in [-0.05, 0) is 43.4 Å². The molecule has 0 unspecified atom stereocenters. The molecule has 1 saturated carbocycles. The predicted octanol–water partition coefficient (Wildman–Crippen LogP) is 2.32. The summed E-state index contributed by atoms with van der Waals surface area (Å²) in [4.78, 5) is 33.3. The molecule has 1 aliphatic heterocycles. The lowest BCUT2D eigenvalue weighted by atomic mass is 10.0. The van der Waals surface area contributed by atoms with Gasteiger partial charge in [0, 0.05) is 36.3 Å². The molecular formula is C21H21N5O2. The maximum absolute atomic E-state index is 12.7. The number of fused-ring (bicyclic) bond motifs is 2. The van der Waals surface area contributed by atoms with Gasteiger partial charge in [-0.15, -0.1) is 0 Å². The number of piperidine rings is 1. The first kappa shape index (κ1) is 17.2. The van der Waals surface area contributed by atoms with Gasteiger partial charge in [-0.3, -0.25) is 14.3 Å². The fourth-order valence-electron chi connectivity index (χ4n) is 4.10. The topological polar surface area (TPSA) is 89.8 Å². The van der Waals surface area contributed by atoms with Crippen molar-refractivity contribution in [1.82, 2.24) is 25.1 Å². The van der Waals surface area contributed by atoms with Crippen LogP contribution in [0.2, 0.25) is 0 Å². The zero-order valence-corrected chi connectivity index (χ0v) is 15.8. The van der Waals surface area contributed by atoms with Gasteiger partial charge in [-0.2, -0.15) is 5.10 Å². The minimum atomic E-state index is -0.117. The van der Waals surface area contributed by atoms with Crippen molar-refractivity contribution in [1.29, 1.82) is 0 Å². The van der Waals surface area contributed by atoms with E-state index in [1.165, 1.54) is 13.3 Å². The Balaban J connectivity index is 1.50. The Labute approximate surface area is 162 Å². The van der Waals surface area contributed by atoms with Gasteiger partial charge < -0.3 is 5.32 Å². The minimum absolute atomic E-state index is 0.0900. The first-order chi connectivity index (χ1) is 13.5. The number of nitrogens with zero attached hydrogens (tertiary/aromatic N) is 4. The van der Waals surface area contributed by atoms with Gasteiger partial charge >= 0.3 is 0 Å². The molecule has 2 aliphatic rings. The molecule has 1 N–H and O–H groups in total. The van der Waals surface area contributed by atoms with Crippen LogP contribution in [0.1, 0.15) is 36.1 Å². The molecule has 3 atom stereocenters. The average molecular weight is 375 g/mol. The van der Waals surface area contributed by atoms with Crippen molar-refractivity contribution in [2.24, 2.45) is 5.92 Å². The molecule has 2 fully saturated rings. The maximum Gasteiger partial charge on any atom is 0.180 e. The summed E-state index contributed by atoms with van der Waals surface area (Å²) >= 11 is 0. The van der Waals surface area contributed by atoms with Gasteiger partial charge in [0.2, 0.25) is 0 Å². The first-order valence-electron chi connectivity index (χ1n) is 9.59. The van der Waals surface area contributed by atoms with Gasteiger partial charge in [0.1, 0.15) is 18.1 Å². The molecule has 0 amide bonds. The fraction of sp³-hybridized carbons (Fsp3) is 0.381. The van der Waals surface area contributed by atoms with E-state index in [1.807, 2.05) is 25.1 Å². The SMILES string of the molecule is CC(=O)c1nn(CC(=O)[C@@H]2C[C@H]3C[C@H]3N2)c2ccc(-c3cnc(C)nc3)cc12. The van der Waals surface area contributed by atoms with E-state index in [0.717, 1.165) is 28.5 Å². The van der Waals surface area contributed by atoms with Crippen LogP contribution >= 0.6 is 0 Å². The molecule has 3 heterocycles. The quantitative estimate of drug-likeness (QED) is 0.689. The Morgan fingerprint density at radius 1 is 1.18 bits per heavy atom. The zero-order valence-electron chi connectivity index (χ0n) is 15.8. The number of carbonyl (C=O) groups excluding carboxylic acids is 2. The summed E-state index contributed by atoms with van der Waals surface area (Å²) in [7, 11) is 0. The summed E-state index contributed by atoms with van der Waals surface area (Å²) < 4.78 is 1.66. The zero-order chi connectivity index (χ0) is 19.4. The van der Waals surface area contributed by atoms with Gasteiger partial charge in [-0.1, -0.05) is 6.07 Å². The monoisotopic (exact) mass is 375 g/mol. The molecule has 2 aromatic heterocycles. The average Bonchev–Trinajstić information content (AvgIpc) is 3.13. The highest BCUT2D eigenvalue weighted by Gasteiger charge is 2.47. The van der Waals surface area contributed by atoms with Crippen molar-refractivity contribution in [3.05, 3.63) is 42.1 Å². The van der Waals surface area contributed by atoms with Crippen LogP contribution in [-0.4, -0.2) is 43.4 Å². The number of aryl methyl sites for hydroxylation is 1. The fourth-order valence-corrected chi connectivity index (χ4v) is 4.10. The minimum Gasteiger partial charge on any atom is -0.304 e. The molecule has 1 aromatic carbocycles. The number of aromatic nitrogens is 4. The molecule has 0 radical (unpaired) electrons. The Hall–Kier alpha value is -2.93. The predicted molar refractivity (Wildman–Crippen MR) is 104 cm³/mol. The second-order valence-electron chi connectivity index (χ2n) is 7.84. The summed E-state index contributed by atoms with van der Waals surface area (Å²) in [5.74, 6) is 1.38. The maximum atomic E-state index is 12.7. The first-order valence-corrected chi connectivity index (χ1v) is 9.59. The van der Waals surface area contributed by atoms with Gasteiger partial charge in [0.15, 0.2) is 11.6 Å². The molecule has 28 heavy (non-hydrogen) atoms. The largest absolute Gasteiger partial charge is 0.304 e. The van der Waals surface area contributed by atoms with Crippen LogP contribution in [-0.2, 0) is 11.3 Å². The molecule has 1 saturated heterocycles. The van der Waals surface area contributed by atoms with Crippen molar-refractivity contribution in [3.8, 4) is 11.1 Å². The van der Waals surface area contributed by atoms with Crippen LogP contribution in [0.5, 0.6) is 0 Å². The molecule has 7 heteroatoms. The Bertz CT molecular complexity index is 1090. The number of ketones is 2. The number of rotatable bonds is 5. The summed E-state index contributed by atoms with van der Waals surface area (Å²) in [6, 6.07) is 6.22. The molecule has 1 aliphatic carbocycles. The molecule has 0 bridgehead atoms. The number of carbonyl (C=O) groups is 2. The van der Waals surface area contributed by atoms with E-state index in [1.54, 1.807) is 17.1 Å². The van der Waals surface area contributed by atoms with E-state index in [2.05, 4.69) is 20.4 Å². The van der Waals surface area contributed by atoms with E-state index in [4.69, 9.17) is 0 Å². The third-order valence-corrected chi connectivity index (χ3v) is 5.77. The molecule has 0 spiro atoms. The lowest BCUT2D eigenvalue weighted by Gasteiger charge is -2.12. The van der Waals surface area contributed by atoms with E-state index in [0.29, 0.717) is 23.5 Å². The van der Waals surface area contributed by atoms with E-state index in [-0.39, 0.29) is 24.2 Å². The lowest BCUT2D eigenvalue weighted by molar-refractivity contribution is -0.121. The molecule has 5 rings (SSSR count). The van der Waals surface area contributed by atoms with Crippen LogP contribution < -0.4 is 5.32 Å². The number of benzene rings is 1. The lowest BCUT2D eigenvalue weighted by Crippen LogP contribution is -2.36. The normalized spacial score (nSPS) is 23.0. The third kappa shape index (κ3) is 2.92. The standard InChI is InChI=1S/C21H21N5O2/c1-11(27)21-16-5-13(15-8-22-12(2)23-9-15)3-4-19(16)26(25-21)10-20(28)18-7-14-6-17(14)24-18/h3-5,8-9,14,17-18,24H,6-7,10H2,1-2H3/t14-,17-,18+/m1/s1. The second-order valence-corrected chi connectivity index (χ2v) is 7.84. The van der Waals surface area contributed by atoms with Crippen molar-refractivity contribution in [3.63, 3.8) is 0 Å². The Kier molecular flexibility index (Phi) is 3.87. The van der Waals surface area contributed by atoms with Crippen molar-refractivity contribution in [2.45, 2.75) is 45.3 Å². The van der Waals surface area contributed by atoms with Crippen molar-refractivity contribution in [2.75, 3.05) is 0 Å². The highest BCUT2D eigenvalue weighted by molar-refractivity contribution is 6.06. The number of hydrogen-bond acceptors (Lipinski definition) is 6. The van der Waals surface area contributed by atoms with Crippen LogP contribution in [0.4, 0.5) is 0 Å². The van der Waals surface area contributed by atoms with Gasteiger partial charge in [0.25, 0.3) is 0 Å². The summed E-state index contributed by atoms with van der Waals surface area (Å²) in [6.07, 6.45) is 5.64. The number of hydrogen-bond donors (Lipinski definition) is 1. The van der Waals surface area contributed by atoms with E-state index >= 15 is 0 Å². The number of nitrogens with one attached hydrogen (secondary N) is 1. The highest BCUT2D eigenvalue weighted by Crippen LogP contribution is 2.41. The number of Topliss-reactive ketones (excluding diaryl/α,β-unsaturated/α-hetero) is 2. The van der Waals surface area contributed by atoms with Crippen molar-refractivity contribution >= 4 is 22.5 Å². The van der Waals surface area contributed by atoms with Crippen molar-refractivity contribution < 1.29 is 9.59 Å². The van der Waals surface area contributed by atoms with E-state index < -0.39 is 0 Å². The summed E-state index contributed by atoms with van der Waals surface area (Å²) in [5, 5.41) is 8.61.